The van der Waals surface area contributed by atoms with Crippen LogP contribution in [-0.4, -0.2) is 38.5 Å². The summed E-state index contributed by atoms with van der Waals surface area (Å²) in [6.07, 6.45) is -4.49. The Morgan fingerprint density at radius 1 is 1.32 bits per heavy atom. The van der Waals surface area contributed by atoms with E-state index in [1.165, 1.54) is 24.1 Å². The second-order valence-electron chi connectivity index (χ2n) is 3.98. The zero-order valence-electron chi connectivity index (χ0n) is 10.6. The standard InChI is InChI=1S/C12H17F3N2O2/c1-19-7-5-17(4-6-18)11-3-2-9(16)8-10(11)12(13,14)15/h2-3,8,18H,4-7,16H2,1H3. The van der Waals surface area contributed by atoms with Crippen LogP contribution >= 0.6 is 0 Å². The fraction of sp³-hybridized carbons (Fsp3) is 0.500. The number of alkyl halides is 3. The average molecular weight is 278 g/mol. The van der Waals surface area contributed by atoms with Gasteiger partial charge in [0.25, 0.3) is 0 Å². The zero-order chi connectivity index (χ0) is 14.5. The van der Waals surface area contributed by atoms with Gasteiger partial charge in [-0.1, -0.05) is 0 Å². The number of methoxy groups -OCH3 is 1. The minimum Gasteiger partial charge on any atom is -0.399 e. The van der Waals surface area contributed by atoms with E-state index in [1.807, 2.05) is 0 Å². The number of hydrogen-bond acceptors (Lipinski definition) is 4. The van der Waals surface area contributed by atoms with Gasteiger partial charge in [-0.05, 0) is 18.2 Å². The van der Waals surface area contributed by atoms with Crippen LogP contribution in [0.1, 0.15) is 5.56 Å². The molecule has 0 heterocycles. The van der Waals surface area contributed by atoms with Crippen molar-refractivity contribution in [2.75, 3.05) is 44.0 Å². The molecule has 0 saturated carbocycles. The van der Waals surface area contributed by atoms with Crippen LogP contribution in [0.3, 0.4) is 0 Å². The molecule has 1 aromatic rings. The highest BCUT2D eigenvalue weighted by Crippen LogP contribution is 2.37. The van der Waals surface area contributed by atoms with Gasteiger partial charge < -0.3 is 20.5 Å². The summed E-state index contributed by atoms with van der Waals surface area (Å²) in [4.78, 5) is 1.42. The Morgan fingerprint density at radius 2 is 2.00 bits per heavy atom. The number of aliphatic hydroxyl groups is 1. The molecule has 0 atom stereocenters. The van der Waals surface area contributed by atoms with Crippen molar-refractivity contribution in [1.29, 1.82) is 0 Å². The molecule has 0 saturated heterocycles. The van der Waals surface area contributed by atoms with Gasteiger partial charge in [0.15, 0.2) is 0 Å². The number of anilines is 2. The predicted molar refractivity (Wildman–Crippen MR) is 67.0 cm³/mol. The molecule has 0 fully saturated rings. The first-order chi connectivity index (χ1) is 8.90. The lowest BCUT2D eigenvalue weighted by Crippen LogP contribution is -2.32. The van der Waals surface area contributed by atoms with Crippen molar-refractivity contribution in [2.45, 2.75) is 6.18 Å². The molecule has 0 aliphatic heterocycles. The van der Waals surface area contributed by atoms with Crippen LogP contribution < -0.4 is 10.6 Å². The van der Waals surface area contributed by atoms with Crippen LogP contribution in [-0.2, 0) is 10.9 Å². The Kier molecular flexibility index (Phi) is 5.44. The summed E-state index contributed by atoms with van der Waals surface area (Å²) in [6.45, 7) is 0.369. The fourth-order valence-electron chi connectivity index (χ4n) is 1.73. The lowest BCUT2D eigenvalue weighted by molar-refractivity contribution is -0.137. The molecule has 0 unspecified atom stereocenters. The molecule has 19 heavy (non-hydrogen) atoms. The maximum absolute atomic E-state index is 13.0. The molecule has 7 heteroatoms. The highest BCUT2D eigenvalue weighted by Gasteiger charge is 2.35. The lowest BCUT2D eigenvalue weighted by atomic mass is 10.1. The summed E-state index contributed by atoms with van der Waals surface area (Å²) in [5.41, 5.74) is 4.64. The van der Waals surface area contributed by atoms with Crippen molar-refractivity contribution >= 4 is 11.4 Å². The van der Waals surface area contributed by atoms with E-state index >= 15 is 0 Å². The molecule has 108 valence electrons. The smallest absolute Gasteiger partial charge is 0.399 e. The number of aliphatic hydroxyl groups excluding tert-OH is 1. The third-order valence-corrected chi connectivity index (χ3v) is 2.60. The Morgan fingerprint density at radius 3 is 2.53 bits per heavy atom. The average Bonchev–Trinajstić information content (AvgIpc) is 2.33. The van der Waals surface area contributed by atoms with Crippen LogP contribution in [0.25, 0.3) is 0 Å². The largest absolute Gasteiger partial charge is 0.418 e. The Bertz CT molecular complexity index is 410. The summed E-state index contributed by atoms with van der Waals surface area (Å²) in [5.74, 6) is 0. The van der Waals surface area contributed by atoms with Gasteiger partial charge in [-0.25, -0.2) is 0 Å². The molecule has 0 radical (unpaired) electrons. The molecule has 0 aliphatic rings. The number of halogens is 3. The molecule has 3 N–H and O–H groups in total. The minimum absolute atomic E-state index is 0.00667. The van der Waals surface area contributed by atoms with Crippen molar-refractivity contribution in [1.82, 2.24) is 0 Å². The van der Waals surface area contributed by atoms with Crippen LogP contribution in [0, 0.1) is 0 Å². The van der Waals surface area contributed by atoms with Gasteiger partial charge in [0.05, 0.1) is 18.8 Å². The maximum atomic E-state index is 13.0. The molecule has 0 amide bonds. The third-order valence-electron chi connectivity index (χ3n) is 2.60. The summed E-state index contributed by atoms with van der Waals surface area (Å²) in [6, 6.07) is 3.61. The lowest BCUT2D eigenvalue weighted by Gasteiger charge is -2.27. The molecular weight excluding hydrogens is 261 g/mol. The first kappa shape index (κ1) is 15.6. The number of hydrogen-bond donors (Lipinski definition) is 2. The quantitative estimate of drug-likeness (QED) is 0.778. The van der Waals surface area contributed by atoms with E-state index in [4.69, 9.17) is 15.6 Å². The van der Waals surface area contributed by atoms with E-state index in [0.29, 0.717) is 0 Å². The van der Waals surface area contributed by atoms with Crippen molar-refractivity contribution < 1.29 is 23.0 Å². The van der Waals surface area contributed by atoms with Gasteiger partial charge in [0.1, 0.15) is 0 Å². The highest BCUT2D eigenvalue weighted by molar-refractivity contribution is 5.61. The summed E-state index contributed by atoms with van der Waals surface area (Å²) in [5, 5.41) is 8.96. The first-order valence-corrected chi connectivity index (χ1v) is 5.71. The topological polar surface area (TPSA) is 58.7 Å². The van der Waals surface area contributed by atoms with Crippen molar-refractivity contribution in [3.05, 3.63) is 23.8 Å². The van der Waals surface area contributed by atoms with Gasteiger partial charge in [-0.2, -0.15) is 13.2 Å². The second kappa shape index (κ2) is 6.63. The van der Waals surface area contributed by atoms with Crippen molar-refractivity contribution in [3.63, 3.8) is 0 Å². The zero-order valence-corrected chi connectivity index (χ0v) is 10.6. The normalized spacial score (nSPS) is 11.6. The molecule has 1 aromatic carbocycles. The minimum atomic E-state index is -4.49. The highest BCUT2D eigenvalue weighted by atomic mass is 19.4. The fourth-order valence-corrected chi connectivity index (χ4v) is 1.73. The van der Waals surface area contributed by atoms with Crippen LogP contribution in [0.2, 0.25) is 0 Å². The number of nitrogens with zero attached hydrogens (tertiary/aromatic N) is 1. The van der Waals surface area contributed by atoms with Crippen molar-refractivity contribution in [2.24, 2.45) is 0 Å². The number of ether oxygens (including phenoxy) is 1. The van der Waals surface area contributed by atoms with E-state index in [9.17, 15) is 13.2 Å². The van der Waals surface area contributed by atoms with Gasteiger partial charge >= 0.3 is 6.18 Å². The monoisotopic (exact) mass is 278 g/mol. The Balaban J connectivity index is 3.14. The summed E-state index contributed by atoms with van der Waals surface area (Å²) < 4.78 is 43.8. The molecule has 0 aliphatic carbocycles. The van der Waals surface area contributed by atoms with Gasteiger partial charge in [0, 0.05) is 31.6 Å². The van der Waals surface area contributed by atoms with E-state index in [1.54, 1.807) is 0 Å². The molecule has 4 nitrogen and oxygen atoms in total. The Labute approximate surface area is 109 Å². The summed E-state index contributed by atoms with van der Waals surface area (Å²) >= 11 is 0. The van der Waals surface area contributed by atoms with Crippen molar-refractivity contribution in [3.8, 4) is 0 Å². The molecule has 0 bridgehead atoms. The number of nitrogens with two attached hydrogens (primary N) is 1. The molecule has 0 aromatic heterocycles. The summed E-state index contributed by atoms with van der Waals surface area (Å²) in [7, 11) is 1.46. The van der Waals surface area contributed by atoms with Gasteiger partial charge in [-0.3, -0.25) is 0 Å². The maximum Gasteiger partial charge on any atom is 0.418 e. The molecule has 0 spiro atoms. The Hall–Kier alpha value is -1.47. The first-order valence-electron chi connectivity index (χ1n) is 5.71. The van der Waals surface area contributed by atoms with E-state index in [0.717, 1.165) is 6.07 Å². The van der Waals surface area contributed by atoms with Crippen LogP contribution in [0.5, 0.6) is 0 Å². The van der Waals surface area contributed by atoms with Crippen LogP contribution in [0.4, 0.5) is 24.5 Å². The SMILES string of the molecule is COCCN(CCO)c1ccc(N)cc1C(F)(F)F. The van der Waals surface area contributed by atoms with E-state index < -0.39 is 11.7 Å². The number of rotatable bonds is 6. The molecule has 1 rings (SSSR count). The van der Waals surface area contributed by atoms with Gasteiger partial charge in [-0.15, -0.1) is 0 Å². The van der Waals surface area contributed by atoms with Crippen LogP contribution in [0.15, 0.2) is 18.2 Å². The molecular formula is C12H17F3N2O2. The van der Waals surface area contributed by atoms with Gasteiger partial charge in [0.2, 0.25) is 0 Å². The third kappa shape index (κ3) is 4.29. The predicted octanol–water partition coefficient (Wildman–Crippen LogP) is 1.73. The number of nitrogen functional groups attached to an aromatic ring is 1. The number of benzene rings is 1. The van der Waals surface area contributed by atoms with E-state index in [2.05, 4.69) is 0 Å². The second-order valence-corrected chi connectivity index (χ2v) is 3.98. The van der Waals surface area contributed by atoms with E-state index in [-0.39, 0.29) is 37.7 Å².